The van der Waals surface area contributed by atoms with Crippen molar-refractivity contribution >= 4 is 28.6 Å². The van der Waals surface area contributed by atoms with E-state index in [1.165, 1.54) is 44.8 Å². The summed E-state index contributed by atoms with van der Waals surface area (Å²) in [5.41, 5.74) is -3.15. The number of aromatic hydroxyl groups is 6. The van der Waals surface area contributed by atoms with Crippen LogP contribution in [0.5, 0.6) is 34.5 Å². The number of anilines is 2. The summed E-state index contributed by atoms with van der Waals surface area (Å²) in [7, 11) is 7.00. The highest BCUT2D eigenvalue weighted by Gasteiger charge is 2.40. The third kappa shape index (κ3) is 7.60. The molecule has 280 valence electrons. The zero-order valence-electron chi connectivity index (χ0n) is 28.6. The Morgan fingerprint density at radius 3 is 1.73 bits per heavy atom. The largest absolute Gasteiger partial charge is 0.506 e. The number of ether oxygens (including phenoxy) is 1. The first-order chi connectivity index (χ1) is 23.5. The summed E-state index contributed by atoms with van der Waals surface area (Å²) in [5.74, 6) is -9.04. The first-order valence-electron chi connectivity index (χ1n) is 15.9. The van der Waals surface area contributed by atoms with E-state index in [9.17, 15) is 55.9 Å². The number of phenols is 6. The van der Waals surface area contributed by atoms with E-state index in [4.69, 9.17) is 0 Å². The van der Waals surface area contributed by atoms with Crippen LogP contribution in [0.25, 0.3) is 5.57 Å². The first-order valence-corrected chi connectivity index (χ1v) is 15.9. The third-order valence-corrected chi connectivity index (χ3v) is 8.77. The number of carbonyl (C=O) groups excluding carboxylic acids is 1. The maximum atomic E-state index is 11.3. The van der Waals surface area contributed by atoms with Crippen molar-refractivity contribution < 1.29 is 65.2 Å². The van der Waals surface area contributed by atoms with E-state index in [1.54, 1.807) is 4.90 Å². The lowest BCUT2D eigenvalue weighted by atomic mass is 9.85. The summed E-state index contributed by atoms with van der Waals surface area (Å²) in [5, 5.41) is 111. The molecule has 1 heterocycles. The molecular formula is C35H49N4O12+. The number of nitrogens with zero attached hydrogens (tertiary/aromatic N) is 4. The molecular weight excluding hydrogens is 668 g/mol. The molecule has 1 aliphatic heterocycles. The molecule has 4 rings (SSSR count). The second-order valence-corrected chi connectivity index (χ2v) is 12.5. The Kier molecular flexibility index (Phi) is 12.4. The molecule has 2 aromatic rings. The van der Waals surface area contributed by atoms with Gasteiger partial charge in [-0.15, -0.1) is 0 Å². The molecule has 16 heteroatoms. The van der Waals surface area contributed by atoms with Crippen molar-refractivity contribution in [1.29, 1.82) is 0 Å². The second kappa shape index (κ2) is 15.9. The maximum Gasteiger partial charge on any atom is 0.305 e. The Hall–Kier alpha value is -5.64. The van der Waals surface area contributed by atoms with Crippen LogP contribution in [0.1, 0.15) is 44.2 Å². The van der Waals surface area contributed by atoms with Gasteiger partial charge in [-0.25, -0.2) is 4.58 Å². The average Bonchev–Trinajstić information content (AvgIpc) is 3.05. The molecule has 0 bridgehead atoms. The highest BCUT2D eigenvalue weighted by atomic mass is 16.5. The van der Waals surface area contributed by atoms with Crippen LogP contribution in [0.2, 0.25) is 0 Å². The van der Waals surface area contributed by atoms with Gasteiger partial charge in [0.05, 0.1) is 18.2 Å². The van der Waals surface area contributed by atoms with Crippen LogP contribution in [-0.2, 0) is 9.53 Å². The number of esters is 1. The van der Waals surface area contributed by atoms with Crippen molar-refractivity contribution in [1.82, 2.24) is 4.90 Å². The maximum absolute atomic E-state index is 11.3. The molecule has 10 N–H and O–H groups in total. The average molecular weight is 718 g/mol. The molecule has 0 spiro atoms. The van der Waals surface area contributed by atoms with Gasteiger partial charge < -0.3 is 65.6 Å². The van der Waals surface area contributed by atoms with Gasteiger partial charge in [0.2, 0.25) is 11.5 Å². The summed E-state index contributed by atoms with van der Waals surface area (Å²) < 4.78 is 5.86. The lowest BCUT2D eigenvalue weighted by Gasteiger charge is -2.36. The van der Waals surface area contributed by atoms with Gasteiger partial charge >= 0.3 is 5.97 Å². The van der Waals surface area contributed by atoms with E-state index in [0.29, 0.717) is 32.6 Å². The molecule has 0 unspecified atom stereocenters. The molecule has 16 nitrogen and oxygen atoms in total. The highest BCUT2D eigenvalue weighted by Crippen LogP contribution is 2.56. The van der Waals surface area contributed by atoms with Gasteiger partial charge in [0, 0.05) is 52.3 Å². The zero-order valence-corrected chi connectivity index (χ0v) is 28.6. The Bertz CT molecular complexity index is 1720. The second-order valence-electron chi connectivity index (χ2n) is 12.5. The van der Waals surface area contributed by atoms with Crippen molar-refractivity contribution in [2.75, 3.05) is 77.8 Å². The summed E-state index contributed by atoms with van der Waals surface area (Å²) in [6.45, 7) is 2.84. The Morgan fingerprint density at radius 2 is 1.27 bits per heavy atom. The van der Waals surface area contributed by atoms with Crippen molar-refractivity contribution in [2.45, 2.75) is 33.1 Å². The molecule has 0 atom stereocenters. The smallest absolute Gasteiger partial charge is 0.305 e. The van der Waals surface area contributed by atoms with Crippen LogP contribution < -0.4 is 9.80 Å². The fraction of sp³-hybridized carbons (Fsp3) is 0.429. The van der Waals surface area contributed by atoms with E-state index in [0.717, 1.165) is 37.9 Å². The fourth-order valence-corrected chi connectivity index (χ4v) is 6.26. The van der Waals surface area contributed by atoms with E-state index in [-0.39, 0.29) is 36.0 Å². The molecule has 0 aromatic heterocycles. The number of benzene rings is 2. The first kappa shape index (κ1) is 39.8. The number of piperazine rings is 1. The van der Waals surface area contributed by atoms with Crippen molar-refractivity contribution in [3.63, 3.8) is 0 Å². The van der Waals surface area contributed by atoms with Crippen LogP contribution in [-0.4, -0.2) is 140 Å². The monoisotopic (exact) mass is 717 g/mol. The number of phenolic OH excluding ortho intramolecular Hbond substituents is 6. The van der Waals surface area contributed by atoms with Gasteiger partial charge in [0.1, 0.15) is 37.0 Å². The normalized spacial score (nSPS) is 15.2. The molecule has 0 radical (unpaired) electrons. The summed E-state index contributed by atoms with van der Waals surface area (Å²) >= 11 is 0. The molecule has 1 saturated heterocycles. The number of hydrogen-bond acceptors (Lipinski definition) is 15. The number of methoxy groups -OCH3 is 1. The van der Waals surface area contributed by atoms with Crippen LogP contribution >= 0.6 is 0 Å². The van der Waals surface area contributed by atoms with E-state index >= 15 is 0 Å². The van der Waals surface area contributed by atoms with Gasteiger partial charge in [-0.05, 0) is 37.1 Å². The molecule has 2 aliphatic rings. The molecule has 2 aromatic carbocycles. The van der Waals surface area contributed by atoms with Crippen LogP contribution in [0.15, 0.2) is 40.7 Å². The highest BCUT2D eigenvalue weighted by molar-refractivity contribution is 6.10. The van der Waals surface area contributed by atoms with Crippen molar-refractivity contribution in [3.05, 3.63) is 51.9 Å². The predicted molar refractivity (Wildman–Crippen MR) is 191 cm³/mol. The van der Waals surface area contributed by atoms with Crippen molar-refractivity contribution in [3.8, 4) is 34.5 Å². The van der Waals surface area contributed by atoms with Crippen molar-refractivity contribution in [2.24, 2.45) is 0 Å². The number of hydrogen-bond donors (Lipinski definition) is 10. The van der Waals surface area contributed by atoms with E-state index < -0.39 is 74.2 Å². The topological polar surface area (TPSA) is 241 Å². The summed E-state index contributed by atoms with van der Waals surface area (Å²) in [4.78, 5) is 16.5. The van der Waals surface area contributed by atoms with Crippen LogP contribution in [0, 0.1) is 0 Å². The quantitative estimate of drug-likeness (QED) is 0.0555. The predicted octanol–water partition coefficient (Wildman–Crippen LogP) is 3.66. The minimum absolute atomic E-state index is 0. The minimum atomic E-state index is -1.04. The van der Waals surface area contributed by atoms with Gasteiger partial charge in [-0.2, -0.15) is 0 Å². The van der Waals surface area contributed by atoms with Crippen LogP contribution in [0.3, 0.4) is 0 Å². The molecule has 0 saturated carbocycles. The summed E-state index contributed by atoms with van der Waals surface area (Å²) in [6, 6.07) is 2.19. The van der Waals surface area contributed by atoms with Gasteiger partial charge in [-0.3, -0.25) is 9.69 Å². The van der Waals surface area contributed by atoms with Gasteiger partial charge in [-0.1, -0.05) is 13.8 Å². The Balaban J connectivity index is 0.00000702. The van der Waals surface area contributed by atoms with E-state index in [1.807, 2.05) is 0 Å². The van der Waals surface area contributed by atoms with Gasteiger partial charge in [0.25, 0.3) is 5.71 Å². The minimum Gasteiger partial charge on any atom is -0.506 e. The standard InChI is InChI=1S/C34H44N4O12.CH4/c1-35(2)25-31(46)27(42)22(28(43)32(25)47)21(23-29(44)33(48)26(36(3)4)34(49)30(23)45)17-15-18(39)24(19(40)16-17)38-13-11-37(12-14-38)10-8-6-7-9-20(41)50-5;/h15-16H,6-14H2,1-5H3,(H9,39,40,42,43,44,45,46,47,48,49);1H4/p+1. The molecule has 0 amide bonds. The third-order valence-electron chi connectivity index (χ3n) is 8.77. The number of unbranched alkanes of at least 4 members (excludes halogenated alkanes) is 2. The van der Waals surface area contributed by atoms with E-state index in [2.05, 4.69) is 9.64 Å². The van der Waals surface area contributed by atoms with Gasteiger partial charge in [0.15, 0.2) is 34.5 Å². The number of aliphatic hydroxyl groups is 4. The lowest BCUT2D eigenvalue weighted by Crippen LogP contribution is -2.46. The number of carbonyl (C=O) groups is 1. The number of aliphatic hydroxyl groups excluding tert-OH is 4. The molecule has 51 heavy (non-hydrogen) atoms. The Morgan fingerprint density at radius 1 is 0.765 bits per heavy atom. The lowest BCUT2D eigenvalue weighted by molar-refractivity contribution is -0.465. The zero-order chi connectivity index (χ0) is 37.2. The Labute approximate surface area is 295 Å². The number of rotatable bonds is 10. The van der Waals surface area contributed by atoms with Crippen LogP contribution in [0.4, 0.5) is 11.4 Å². The molecule has 1 fully saturated rings. The molecule has 1 aliphatic carbocycles. The fourth-order valence-electron chi connectivity index (χ4n) is 6.26. The SMILES string of the molecule is C.COC(=O)CCCCCN1CCN(c2c(O)cc(C(=C3C(O)=C(O)C(=[N+](C)C)C(O)=C3O)c3c(O)c(O)c(N(C)C)c(O)c3O)cc2O)CC1. The summed E-state index contributed by atoms with van der Waals surface area (Å²) in [6.07, 6.45) is 2.82.